The fraction of sp³-hybridized carbons (Fsp3) is 1.00. The summed E-state index contributed by atoms with van der Waals surface area (Å²) >= 11 is 0. The van der Waals surface area contributed by atoms with Crippen LogP contribution >= 0.6 is 0 Å². The highest BCUT2D eigenvalue weighted by Gasteiger charge is 2.33. The van der Waals surface area contributed by atoms with Crippen LogP contribution in [0.1, 0.15) is 38.5 Å². The lowest BCUT2D eigenvalue weighted by molar-refractivity contribution is 0.0358. The summed E-state index contributed by atoms with van der Waals surface area (Å²) in [4.78, 5) is 0. The molecule has 0 bridgehead atoms. The maximum absolute atomic E-state index is 9.94. The number of nitrogens with one attached hydrogen (secondary N) is 1. The number of piperidine rings is 1. The van der Waals surface area contributed by atoms with E-state index in [0.717, 1.165) is 25.8 Å². The van der Waals surface area contributed by atoms with Gasteiger partial charge >= 0.3 is 0 Å². The number of rotatable bonds is 1. The molecular formula is C11H22N2O. The SMILES string of the molecule is NC1CCC(O)C(C2CCCCN2)C1. The van der Waals surface area contributed by atoms with Gasteiger partial charge in [0.1, 0.15) is 0 Å². The molecule has 1 saturated carbocycles. The molecule has 0 aromatic heterocycles. The summed E-state index contributed by atoms with van der Waals surface area (Å²) in [6, 6.07) is 0.831. The Morgan fingerprint density at radius 3 is 2.71 bits per heavy atom. The van der Waals surface area contributed by atoms with Crippen molar-refractivity contribution in [2.24, 2.45) is 11.7 Å². The fourth-order valence-corrected chi connectivity index (χ4v) is 2.90. The summed E-state index contributed by atoms with van der Waals surface area (Å²) in [7, 11) is 0. The zero-order chi connectivity index (χ0) is 9.97. The summed E-state index contributed by atoms with van der Waals surface area (Å²) in [5.41, 5.74) is 5.96. The van der Waals surface area contributed by atoms with Crippen molar-refractivity contribution in [2.45, 2.75) is 56.7 Å². The summed E-state index contributed by atoms with van der Waals surface area (Å²) in [5, 5.41) is 13.5. The molecule has 1 heterocycles. The lowest BCUT2D eigenvalue weighted by Gasteiger charge is -2.39. The van der Waals surface area contributed by atoms with Gasteiger partial charge in [0.05, 0.1) is 6.10 Å². The van der Waals surface area contributed by atoms with Gasteiger partial charge < -0.3 is 16.2 Å². The maximum Gasteiger partial charge on any atom is 0.0584 e. The predicted octanol–water partition coefficient (Wildman–Crippen LogP) is 0.617. The Bertz CT molecular complexity index is 180. The largest absolute Gasteiger partial charge is 0.393 e. The van der Waals surface area contributed by atoms with Crippen molar-refractivity contribution in [1.29, 1.82) is 0 Å². The van der Waals surface area contributed by atoms with Crippen LogP contribution in [0.15, 0.2) is 0 Å². The van der Waals surface area contributed by atoms with Gasteiger partial charge in [-0.3, -0.25) is 0 Å². The minimum Gasteiger partial charge on any atom is -0.393 e. The minimum absolute atomic E-state index is 0.120. The van der Waals surface area contributed by atoms with Gasteiger partial charge in [-0.05, 0) is 38.6 Å². The van der Waals surface area contributed by atoms with E-state index in [1.807, 2.05) is 0 Å². The van der Waals surface area contributed by atoms with Gasteiger partial charge in [0.25, 0.3) is 0 Å². The molecule has 0 radical (unpaired) electrons. The summed E-state index contributed by atoms with van der Waals surface area (Å²) in [5.74, 6) is 0.402. The second kappa shape index (κ2) is 4.60. The second-order valence-corrected chi connectivity index (χ2v) is 4.86. The Hall–Kier alpha value is -0.120. The predicted molar refractivity (Wildman–Crippen MR) is 57.0 cm³/mol. The zero-order valence-corrected chi connectivity index (χ0v) is 8.78. The third-order valence-electron chi connectivity index (χ3n) is 3.77. The average Bonchev–Trinajstić information content (AvgIpc) is 2.23. The normalized spacial score (nSPS) is 45.0. The van der Waals surface area contributed by atoms with Crippen LogP contribution in [-0.4, -0.2) is 29.8 Å². The fourth-order valence-electron chi connectivity index (χ4n) is 2.90. The molecule has 0 aromatic rings. The monoisotopic (exact) mass is 198 g/mol. The molecule has 4 unspecified atom stereocenters. The highest BCUT2D eigenvalue weighted by molar-refractivity contribution is 4.90. The van der Waals surface area contributed by atoms with Crippen molar-refractivity contribution in [3.05, 3.63) is 0 Å². The molecule has 3 nitrogen and oxygen atoms in total. The molecule has 1 aliphatic carbocycles. The van der Waals surface area contributed by atoms with E-state index < -0.39 is 0 Å². The molecule has 0 amide bonds. The molecule has 4 atom stereocenters. The minimum atomic E-state index is -0.120. The van der Waals surface area contributed by atoms with Gasteiger partial charge in [-0.15, -0.1) is 0 Å². The van der Waals surface area contributed by atoms with Crippen LogP contribution in [-0.2, 0) is 0 Å². The van der Waals surface area contributed by atoms with Gasteiger partial charge in [-0.2, -0.15) is 0 Å². The van der Waals surface area contributed by atoms with Crippen LogP contribution in [0, 0.1) is 5.92 Å². The third-order valence-corrected chi connectivity index (χ3v) is 3.77. The van der Waals surface area contributed by atoms with E-state index in [2.05, 4.69) is 5.32 Å². The van der Waals surface area contributed by atoms with E-state index >= 15 is 0 Å². The number of hydrogen-bond donors (Lipinski definition) is 3. The standard InChI is InChI=1S/C11H22N2O/c12-8-4-5-11(14)9(7-8)10-3-1-2-6-13-10/h8-11,13-14H,1-7,12H2. The number of nitrogens with two attached hydrogens (primary N) is 1. The molecule has 1 saturated heterocycles. The number of aliphatic hydroxyl groups excluding tert-OH is 1. The molecule has 0 aromatic carbocycles. The molecule has 2 rings (SSSR count). The summed E-state index contributed by atoms with van der Waals surface area (Å²) in [6.07, 6.45) is 6.56. The highest BCUT2D eigenvalue weighted by Crippen LogP contribution is 2.29. The number of aliphatic hydroxyl groups is 1. The van der Waals surface area contributed by atoms with Crippen molar-refractivity contribution >= 4 is 0 Å². The van der Waals surface area contributed by atoms with Crippen molar-refractivity contribution in [3.8, 4) is 0 Å². The van der Waals surface area contributed by atoms with Crippen molar-refractivity contribution in [2.75, 3.05) is 6.54 Å². The van der Waals surface area contributed by atoms with Crippen molar-refractivity contribution < 1.29 is 5.11 Å². The Balaban J connectivity index is 1.92. The molecule has 0 spiro atoms. The maximum atomic E-state index is 9.94. The zero-order valence-electron chi connectivity index (χ0n) is 8.78. The molecule has 82 valence electrons. The average molecular weight is 198 g/mol. The van der Waals surface area contributed by atoms with Crippen LogP contribution in [0.2, 0.25) is 0 Å². The second-order valence-electron chi connectivity index (χ2n) is 4.86. The van der Waals surface area contributed by atoms with E-state index in [9.17, 15) is 5.11 Å². The Kier molecular flexibility index (Phi) is 3.42. The number of hydrogen-bond acceptors (Lipinski definition) is 3. The van der Waals surface area contributed by atoms with E-state index in [0.29, 0.717) is 18.0 Å². The first kappa shape index (κ1) is 10.4. The summed E-state index contributed by atoms with van der Waals surface area (Å²) in [6.45, 7) is 1.11. The first-order valence-electron chi connectivity index (χ1n) is 5.94. The van der Waals surface area contributed by atoms with Gasteiger partial charge in [0.15, 0.2) is 0 Å². The van der Waals surface area contributed by atoms with E-state index in [-0.39, 0.29) is 6.10 Å². The lowest BCUT2D eigenvalue weighted by Crippen LogP contribution is -2.49. The first-order valence-corrected chi connectivity index (χ1v) is 5.94. The quantitative estimate of drug-likeness (QED) is 0.579. The van der Waals surface area contributed by atoms with Crippen LogP contribution in [0.25, 0.3) is 0 Å². The van der Waals surface area contributed by atoms with Crippen LogP contribution in [0.3, 0.4) is 0 Å². The molecule has 3 heteroatoms. The highest BCUT2D eigenvalue weighted by atomic mass is 16.3. The van der Waals surface area contributed by atoms with Crippen LogP contribution in [0.4, 0.5) is 0 Å². The van der Waals surface area contributed by atoms with Gasteiger partial charge in [0, 0.05) is 18.0 Å². The van der Waals surface area contributed by atoms with E-state index in [1.165, 1.54) is 19.3 Å². The Labute approximate surface area is 86.1 Å². The van der Waals surface area contributed by atoms with Crippen molar-refractivity contribution in [3.63, 3.8) is 0 Å². The van der Waals surface area contributed by atoms with E-state index in [4.69, 9.17) is 5.73 Å². The smallest absolute Gasteiger partial charge is 0.0584 e. The lowest BCUT2D eigenvalue weighted by atomic mass is 9.77. The first-order chi connectivity index (χ1) is 6.77. The molecule has 1 aliphatic heterocycles. The molecule has 4 N–H and O–H groups in total. The van der Waals surface area contributed by atoms with E-state index in [1.54, 1.807) is 0 Å². The third kappa shape index (κ3) is 2.27. The van der Waals surface area contributed by atoms with Crippen LogP contribution in [0.5, 0.6) is 0 Å². The molecular weight excluding hydrogens is 176 g/mol. The van der Waals surface area contributed by atoms with Crippen molar-refractivity contribution in [1.82, 2.24) is 5.32 Å². The molecule has 14 heavy (non-hydrogen) atoms. The molecule has 2 fully saturated rings. The van der Waals surface area contributed by atoms with Gasteiger partial charge in [0.2, 0.25) is 0 Å². The summed E-state index contributed by atoms with van der Waals surface area (Å²) < 4.78 is 0. The Morgan fingerprint density at radius 2 is 2.00 bits per heavy atom. The Morgan fingerprint density at radius 1 is 1.14 bits per heavy atom. The molecule has 2 aliphatic rings. The van der Waals surface area contributed by atoms with Gasteiger partial charge in [-0.1, -0.05) is 6.42 Å². The topological polar surface area (TPSA) is 58.3 Å². The van der Waals surface area contributed by atoms with Gasteiger partial charge in [-0.25, -0.2) is 0 Å². The van der Waals surface area contributed by atoms with Crippen LogP contribution < -0.4 is 11.1 Å².